The SMILES string of the molecule is O=C(N/N=C\C=C\c1ccccc1Cl)[C@H](O)c1ccccc1. The fourth-order valence-corrected chi connectivity index (χ4v) is 1.95. The van der Waals surface area contributed by atoms with Gasteiger partial charge in [-0.15, -0.1) is 0 Å². The van der Waals surface area contributed by atoms with E-state index >= 15 is 0 Å². The number of hydrogen-bond donors (Lipinski definition) is 2. The molecule has 2 rings (SSSR count). The van der Waals surface area contributed by atoms with Gasteiger partial charge in [0.25, 0.3) is 5.91 Å². The van der Waals surface area contributed by atoms with Gasteiger partial charge < -0.3 is 5.11 Å². The number of hydrazone groups is 1. The molecule has 0 spiro atoms. The van der Waals surface area contributed by atoms with Crippen molar-refractivity contribution in [1.82, 2.24) is 5.43 Å². The molecule has 5 heteroatoms. The van der Waals surface area contributed by atoms with E-state index in [-0.39, 0.29) is 0 Å². The highest BCUT2D eigenvalue weighted by Crippen LogP contribution is 2.15. The van der Waals surface area contributed by atoms with E-state index in [9.17, 15) is 9.90 Å². The van der Waals surface area contributed by atoms with Crippen molar-refractivity contribution in [3.05, 3.63) is 76.8 Å². The van der Waals surface area contributed by atoms with Crippen molar-refractivity contribution >= 4 is 29.8 Å². The Morgan fingerprint density at radius 1 is 1.14 bits per heavy atom. The van der Waals surface area contributed by atoms with Crippen LogP contribution in [-0.2, 0) is 4.79 Å². The largest absolute Gasteiger partial charge is 0.378 e. The average Bonchev–Trinajstić information content (AvgIpc) is 2.56. The molecule has 2 aromatic rings. The van der Waals surface area contributed by atoms with Gasteiger partial charge in [-0.3, -0.25) is 4.79 Å². The molecule has 0 aliphatic carbocycles. The minimum atomic E-state index is -1.24. The van der Waals surface area contributed by atoms with Crippen molar-refractivity contribution in [2.75, 3.05) is 0 Å². The van der Waals surface area contributed by atoms with Gasteiger partial charge in [0.05, 0.1) is 0 Å². The van der Waals surface area contributed by atoms with Crippen LogP contribution in [0.2, 0.25) is 5.02 Å². The van der Waals surface area contributed by atoms with Crippen molar-refractivity contribution in [3.8, 4) is 0 Å². The standard InChI is InChI=1S/C17H15ClN2O2/c18-15-11-5-4-7-13(15)10-6-12-19-20-17(22)16(21)14-8-2-1-3-9-14/h1-12,16,21H,(H,20,22)/b10-6+,19-12-/t16-/m1/s1. The lowest BCUT2D eigenvalue weighted by atomic mass is 10.1. The van der Waals surface area contributed by atoms with Crippen molar-refractivity contribution < 1.29 is 9.90 Å². The molecule has 2 aromatic carbocycles. The summed E-state index contributed by atoms with van der Waals surface area (Å²) in [4.78, 5) is 11.7. The fraction of sp³-hybridized carbons (Fsp3) is 0.0588. The Balaban J connectivity index is 1.87. The fourth-order valence-electron chi connectivity index (χ4n) is 1.75. The molecule has 0 saturated heterocycles. The molecule has 1 amide bonds. The number of amides is 1. The highest BCUT2D eigenvalue weighted by Gasteiger charge is 2.15. The lowest BCUT2D eigenvalue weighted by Crippen LogP contribution is -2.24. The second-order valence-electron chi connectivity index (χ2n) is 4.45. The van der Waals surface area contributed by atoms with Crippen LogP contribution >= 0.6 is 11.6 Å². The first-order valence-electron chi connectivity index (χ1n) is 6.65. The zero-order valence-electron chi connectivity index (χ0n) is 11.7. The van der Waals surface area contributed by atoms with Gasteiger partial charge in [0.1, 0.15) is 0 Å². The minimum absolute atomic E-state index is 0.516. The highest BCUT2D eigenvalue weighted by molar-refractivity contribution is 6.32. The molecule has 0 unspecified atom stereocenters. The number of aliphatic hydroxyl groups is 1. The Bertz CT molecular complexity index is 684. The van der Waals surface area contributed by atoms with Gasteiger partial charge in [-0.05, 0) is 23.3 Å². The quantitative estimate of drug-likeness (QED) is 0.657. The van der Waals surface area contributed by atoms with Crippen LogP contribution in [0.25, 0.3) is 6.08 Å². The van der Waals surface area contributed by atoms with Crippen molar-refractivity contribution in [1.29, 1.82) is 0 Å². The summed E-state index contributed by atoms with van der Waals surface area (Å²) in [7, 11) is 0. The molecule has 0 aromatic heterocycles. The summed E-state index contributed by atoms with van der Waals surface area (Å²) in [5.41, 5.74) is 3.65. The summed E-state index contributed by atoms with van der Waals surface area (Å²) in [6.07, 6.45) is 3.59. The molecule has 0 radical (unpaired) electrons. The second kappa shape index (κ2) is 8.12. The number of nitrogens with zero attached hydrogens (tertiary/aromatic N) is 1. The lowest BCUT2D eigenvalue weighted by Gasteiger charge is -2.08. The van der Waals surface area contributed by atoms with Gasteiger partial charge in [-0.2, -0.15) is 5.10 Å². The summed E-state index contributed by atoms with van der Waals surface area (Å²) >= 11 is 6.00. The predicted molar refractivity (Wildman–Crippen MR) is 88.5 cm³/mol. The van der Waals surface area contributed by atoms with Crippen LogP contribution in [-0.4, -0.2) is 17.2 Å². The van der Waals surface area contributed by atoms with Crippen LogP contribution in [0, 0.1) is 0 Å². The maximum Gasteiger partial charge on any atom is 0.273 e. The molecule has 4 nitrogen and oxygen atoms in total. The Hall–Kier alpha value is -2.43. The molecule has 1 atom stereocenters. The van der Waals surface area contributed by atoms with E-state index in [1.54, 1.807) is 42.5 Å². The van der Waals surface area contributed by atoms with Crippen LogP contribution in [0.4, 0.5) is 0 Å². The van der Waals surface area contributed by atoms with E-state index in [1.165, 1.54) is 6.21 Å². The summed E-state index contributed by atoms with van der Waals surface area (Å²) in [6.45, 7) is 0. The van der Waals surface area contributed by atoms with E-state index in [4.69, 9.17) is 11.6 Å². The maximum absolute atomic E-state index is 11.7. The molecular weight excluding hydrogens is 300 g/mol. The number of nitrogens with one attached hydrogen (secondary N) is 1. The number of rotatable bonds is 5. The Kier molecular flexibility index (Phi) is 5.89. The van der Waals surface area contributed by atoms with Crippen LogP contribution in [0.15, 0.2) is 65.8 Å². The lowest BCUT2D eigenvalue weighted by molar-refractivity contribution is -0.129. The number of hydrogen-bond acceptors (Lipinski definition) is 3. The Morgan fingerprint density at radius 3 is 2.55 bits per heavy atom. The average molecular weight is 315 g/mol. The molecule has 22 heavy (non-hydrogen) atoms. The third kappa shape index (κ3) is 4.55. The monoisotopic (exact) mass is 314 g/mol. The Morgan fingerprint density at radius 2 is 1.82 bits per heavy atom. The zero-order valence-corrected chi connectivity index (χ0v) is 12.4. The smallest absolute Gasteiger partial charge is 0.273 e. The van der Waals surface area contributed by atoms with Gasteiger partial charge in [0.15, 0.2) is 6.10 Å². The topological polar surface area (TPSA) is 61.7 Å². The normalized spacial score (nSPS) is 12.6. The van der Waals surface area contributed by atoms with Crippen LogP contribution in [0.5, 0.6) is 0 Å². The molecule has 0 fully saturated rings. The first-order chi connectivity index (χ1) is 10.7. The first kappa shape index (κ1) is 15.9. The third-order valence-electron chi connectivity index (χ3n) is 2.88. The number of benzene rings is 2. The zero-order chi connectivity index (χ0) is 15.8. The minimum Gasteiger partial charge on any atom is -0.378 e. The van der Waals surface area contributed by atoms with Crippen molar-refractivity contribution in [2.24, 2.45) is 5.10 Å². The van der Waals surface area contributed by atoms with E-state index < -0.39 is 12.0 Å². The summed E-state index contributed by atoms with van der Waals surface area (Å²) in [5, 5.41) is 14.2. The van der Waals surface area contributed by atoms with Crippen LogP contribution in [0.1, 0.15) is 17.2 Å². The number of allylic oxidation sites excluding steroid dienone is 1. The van der Waals surface area contributed by atoms with Gasteiger partial charge in [-0.25, -0.2) is 5.43 Å². The number of carbonyl (C=O) groups is 1. The highest BCUT2D eigenvalue weighted by atomic mass is 35.5. The second-order valence-corrected chi connectivity index (χ2v) is 4.86. The molecule has 0 aliphatic rings. The number of aliphatic hydroxyl groups excluding tert-OH is 1. The van der Waals surface area contributed by atoms with E-state index in [2.05, 4.69) is 10.5 Å². The summed E-state index contributed by atoms with van der Waals surface area (Å²) in [5.74, 6) is -0.589. The summed E-state index contributed by atoms with van der Waals surface area (Å²) < 4.78 is 0. The van der Waals surface area contributed by atoms with Crippen molar-refractivity contribution in [2.45, 2.75) is 6.10 Å². The number of halogens is 1. The predicted octanol–water partition coefficient (Wildman–Crippen LogP) is 3.19. The van der Waals surface area contributed by atoms with Gasteiger partial charge in [0, 0.05) is 11.2 Å². The molecular formula is C17H15ClN2O2. The third-order valence-corrected chi connectivity index (χ3v) is 3.22. The molecule has 0 bridgehead atoms. The van der Waals surface area contributed by atoms with E-state index in [1.807, 2.05) is 24.3 Å². The summed E-state index contributed by atoms with van der Waals surface area (Å²) in [6, 6.07) is 16.0. The van der Waals surface area contributed by atoms with E-state index in [0.29, 0.717) is 10.6 Å². The van der Waals surface area contributed by atoms with Crippen LogP contribution in [0.3, 0.4) is 0 Å². The van der Waals surface area contributed by atoms with Gasteiger partial charge in [-0.1, -0.05) is 66.2 Å². The van der Waals surface area contributed by atoms with Crippen LogP contribution < -0.4 is 5.43 Å². The molecule has 112 valence electrons. The van der Waals surface area contributed by atoms with E-state index in [0.717, 1.165) is 5.56 Å². The molecule has 0 heterocycles. The first-order valence-corrected chi connectivity index (χ1v) is 7.03. The Labute approximate surface area is 133 Å². The number of carbonyl (C=O) groups excluding carboxylic acids is 1. The van der Waals surface area contributed by atoms with Gasteiger partial charge >= 0.3 is 0 Å². The van der Waals surface area contributed by atoms with Crippen molar-refractivity contribution in [3.63, 3.8) is 0 Å². The molecule has 0 saturated carbocycles. The van der Waals surface area contributed by atoms with Gasteiger partial charge in [0.2, 0.25) is 0 Å². The molecule has 0 aliphatic heterocycles. The maximum atomic E-state index is 11.7. The molecule has 2 N–H and O–H groups in total.